The summed E-state index contributed by atoms with van der Waals surface area (Å²) in [6.07, 6.45) is 0.341. The van der Waals surface area contributed by atoms with E-state index < -0.39 is 41.8 Å². The molecule has 6 N–H and O–H groups in total. The van der Waals surface area contributed by atoms with Gasteiger partial charge in [0.05, 0.1) is 6.04 Å². The van der Waals surface area contributed by atoms with Crippen molar-refractivity contribution in [2.24, 2.45) is 5.92 Å². The van der Waals surface area contributed by atoms with Gasteiger partial charge in [-0.2, -0.15) is 0 Å². The SMILES string of the molecule is CC(=O)N[C@@H](Cc1ccc(O)cc1)C(=O)N[C@H](C(=O)N[C@@H](C)C(=O)N[C@@H]1CNC(=O)C1)C(C)C. The summed E-state index contributed by atoms with van der Waals surface area (Å²) in [5.41, 5.74) is 0.711. The summed E-state index contributed by atoms with van der Waals surface area (Å²) >= 11 is 0. The van der Waals surface area contributed by atoms with Gasteiger partial charge < -0.3 is 31.7 Å². The molecule has 1 heterocycles. The van der Waals surface area contributed by atoms with Crippen LogP contribution in [0.4, 0.5) is 0 Å². The Morgan fingerprint density at radius 1 is 1.00 bits per heavy atom. The van der Waals surface area contributed by atoms with Gasteiger partial charge in [0.2, 0.25) is 29.5 Å². The van der Waals surface area contributed by atoms with Crippen LogP contribution in [0.1, 0.15) is 39.7 Å². The molecule has 0 aliphatic carbocycles. The zero-order chi connectivity index (χ0) is 25.4. The normalized spacial score (nSPS) is 17.8. The van der Waals surface area contributed by atoms with Crippen molar-refractivity contribution in [3.8, 4) is 5.75 Å². The van der Waals surface area contributed by atoms with E-state index in [1.54, 1.807) is 26.0 Å². The molecule has 1 saturated heterocycles. The predicted molar refractivity (Wildman–Crippen MR) is 123 cm³/mol. The van der Waals surface area contributed by atoms with E-state index in [1.165, 1.54) is 26.0 Å². The zero-order valence-corrected chi connectivity index (χ0v) is 19.8. The number of amides is 5. The number of carbonyl (C=O) groups excluding carboxylic acids is 5. The highest BCUT2D eigenvalue weighted by Crippen LogP contribution is 2.12. The van der Waals surface area contributed by atoms with E-state index in [1.807, 2.05) is 0 Å². The molecule has 11 heteroatoms. The molecule has 0 unspecified atom stereocenters. The molecule has 1 fully saturated rings. The van der Waals surface area contributed by atoms with Gasteiger partial charge in [-0.05, 0) is 30.5 Å². The third-order valence-corrected chi connectivity index (χ3v) is 5.39. The summed E-state index contributed by atoms with van der Waals surface area (Å²) in [6.45, 7) is 6.64. The van der Waals surface area contributed by atoms with Gasteiger partial charge in [0.25, 0.3) is 0 Å². The van der Waals surface area contributed by atoms with Crippen LogP contribution in [-0.2, 0) is 30.4 Å². The largest absolute Gasteiger partial charge is 0.508 e. The lowest BCUT2D eigenvalue weighted by atomic mass is 10.0. The first-order valence-electron chi connectivity index (χ1n) is 11.2. The van der Waals surface area contributed by atoms with Crippen LogP contribution in [-0.4, -0.2) is 65.4 Å². The van der Waals surface area contributed by atoms with Crippen molar-refractivity contribution in [2.45, 2.75) is 64.7 Å². The number of benzene rings is 1. The van der Waals surface area contributed by atoms with Crippen molar-refractivity contribution in [2.75, 3.05) is 6.54 Å². The van der Waals surface area contributed by atoms with Crippen molar-refractivity contribution in [1.29, 1.82) is 0 Å². The Bertz CT molecular complexity index is 917. The molecule has 0 saturated carbocycles. The van der Waals surface area contributed by atoms with E-state index in [4.69, 9.17) is 0 Å². The molecule has 5 amide bonds. The van der Waals surface area contributed by atoms with Crippen molar-refractivity contribution < 1.29 is 29.1 Å². The number of hydrogen-bond donors (Lipinski definition) is 6. The Kier molecular flexibility index (Phi) is 9.40. The number of hydrogen-bond acceptors (Lipinski definition) is 6. The van der Waals surface area contributed by atoms with Crippen LogP contribution >= 0.6 is 0 Å². The Morgan fingerprint density at radius 2 is 1.65 bits per heavy atom. The highest BCUT2D eigenvalue weighted by Gasteiger charge is 2.31. The average molecular weight is 476 g/mol. The Hall–Kier alpha value is -3.63. The van der Waals surface area contributed by atoms with E-state index in [-0.39, 0.29) is 36.5 Å². The van der Waals surface area contributed by atoms with Crippen molar-refractivity contribution in [3.63, 3.8) is 0 Å². The first kappa shape index (κ1) is 26.6. The fraction of sp³-hybridized carbons (Fsp3) is 0.522. The van der Waals surface area contributed by atoms with Crippen LogP contribution in [0.2, 0.25) is 0 Å². The molecule has 0 aromatic heterocycles. The molecule has 0 spiro atoms. The number of phenols is 1. The van der Waals surface area contributed by atoms with Crippen molar-refractivity contribution in [1.82, 2.24) is 26.6 Å². The van der Waals surface area contributed by atoms with Gasteiger partial charge in [0, 0.05) is 26.3 Å². The van der Waals surface area contributed by atoms with Crippen LogP contribution in [0, 0.1) is 5.92 Å². The lowest BCUT2D eigenvalue weighted by molar-refractivity contribution is -0.134. The summed E-state index contributed by atoms with van der Waals surface area (Å²) in [5, 5.41) is 22.6. The Labute approximate surface area is 198 Å². The zero-order valence-electron chi connectivity index (χ0n) is 19.8. The monoisotopic (exact) mass is 475 g/mol. The Morgan fingerprint density at radius 3 is 2.18 bits per heavy atom. The smallest absolute Gasteiger partial charge is 0.243 e. The molecule has 0 bridgehead atoms. The molecule has 34 heavy (non-hydrogen) atoms. The quantitative estimate of drug-likeness (QED) is 0.256. The minimum Gasteiger partial charge on any atom is -0.508 e. The molecule has 11 nitrogen and oxygen atoms in total. The summed E-state index contributed by atoms with van der Waals surface area (Å²) in [7, 11) is 0. The minimum absolute atomic E-state index is 0.0785. The molecular formula is C23H33N5O6. The maximum Gasteiger partial charge on any atom is 0.243 e. The second-order valence-electron chi connectivity index (χ2n) is 8.80. The lowest BCUT2D eigenvalue weighted by Gasteiger charge is -2.26. The molecule has 1 aliphatic rings. The van der Waals surface area contributed by atoms with Crippen LogP contribution in [0.5, 0.6) is 5.75 Å². The van der Waals surface area contributed by atoms with E-state index in [2.05, 4.69) is 26.6 Å². The molecule has 1 aromatic rings. The summed E-state index contributed by atoms with van der Waals surface area (Å²) in [6, 6.07) is 3.12. The highest BCUT2D eigenvalue weighted by molar-refractivity contribution is 5.94. The molecule has 1 aliphatic heterocycles. The number of phenolic OH excluding ortho intramolecular Hbond substituents is 1. The standard InChI is InChI=1S/C23H33N5O6/c1-12(2)20(23(34)25-13(3)21(32)27-16-10-19(31)24-11-16)28-22(33)18(26-14(4)29)9-15-5-7-17(30)8-6-15/h5-8,12-13,16,18,20,30H,9-11H2,1-4H3,(H,24,31)(H,25,34)(H,26,29)(H,27,32)(H,28,33)/t13-,16-,18-,20-/m0/s1. The van der Waals surface area contributed by atoms with E-state index >= 15 is 0 Å². The Balaban J connectivity index is 2.01. The molecule has 1 aromatic carbocycles. The average Bonchev–Trinajstić information content (AvgIpc) is 3.16. The van der Waals surface area contributed by atoms with Crippen LogP contribution in [0.15, 0.2) is 24.3 Å². The molecule has 186 valence electrons. The summed E-state index contributed by atoms with van der Waals surface area (Å²) in [4.78, 5) is 61.2. The van der Waals surface area contributed by atoms with Gasteiger partial charge in [-0.1, -0.05) is 26.0 Å². The molecule has 2 rings (SSSR count). The fourth-order valence-corrected chi connectivity index (χ4v) is 3.51. The van der Waals surface area contributed by atoms with Crippen LogP contribution in [0.25, 0.3) is 0 Å². The second-order valence-corrected chi connectivity index (χ2v) is 8.80. The van der Waals surface area contributed by atoms with Gasteiger partial charge >= 0.3 is 0 Å². The lowest BCUT2D eigenvalue weighted by Crippen LogP contribution is -2.58. The summed E-state index contributed by atoms with van der Waals surface area (Å²) < 4.78 is 0. The van der Waals surface area contributed by atoms with Gasteiger partial charge in [-0.3, -0.25) is 24.0 Å². The maximum atomic E-state index is 13.0. The van der Waals surface area contributed by atoms with Crippen LogP contribution in [0.3, 0.4) is 0 Å². The third kappa shape index (κ3) is 8.05. The maximum absolute atomic E-state index is 13.0. The van der Waals surface area contributed by atoms with Crippen molar-refractivity contribution in [3.05, 3.63) is 29.8 Å². The van der Waals surface area contributed by atoms with Gasteiger partial charge in [-0.25, -0.2) is 0 Å². The molecule has 0 radical (unpaired) electrons. The second kappa shape index (κ2) is 12.0. The van der Waals surface area contributed by atoms with Gasteiger partial charge in [0.15, 0.2) is 0 Å². The summed E-state index contributed by atoms with van der Waals surface area (Å²) in [5.74, 6) is -2.31. The molecule has 4 atom stereocenters. The van der Waals surface area contributed by atoms with E-state index in [0.717, 1.165) is 0 Å². The molecular weight excluding hydrogens is 442 g/mol. The van der Waals surface area contributed by atoms with Gasteiger partial charge in [-0.15, -0.1) is 0 Å². The topological polar surface area (TPSA) is 166 Å². The number of aromatic hydroxyl groups is 1. The minimum atomic E-state index is -0.950. The van der Waals surface area contributed by atoms with Gasteiger partial charge in [0.1, 0.15) is 23.9 Å². The highest BCUT2D eigenvalue weighted by atomic mass is 16.3. The van der Waals surface area contributed by atoms with Crippen LogP contribution < -0.4 is 26.6 Å². The first-order chi connectivity index (χ1) is 16.0. The van der Waals surface area contributed by atoms with E-state index in [0.29, 0.717) is 12.1 Å². The first-order valence-corrected chi connectivity index (χ1v) is 11.2. The van der Waals surface area contributed by atoms with E-state index in [9.17, 15) is 29.1 Å². The van der Waals surface area contributed by atoms with Crippen molar-refractivity contribution >= 4 is 29.5 Å². The third-order valence-electron chi connectivity index (χ3n) is 5.39. The fourth-order valence-electron chi connectivity index (χ4n) is 3.51. The number of nitrogens with one attached hydrogen (secondary N) is 5. The predicted octanol–water partition coefficient (Wildman–Crippen LogP) is -0.910. The number of rotatable bonds is 10. The number of carbonyl (C=O) groups is 5.